The first-order valence-corrected chi connectivity index (χ1v) is 7.28. The highest BCUT2D eigenvalue weighted by molar-refractivity contribution is 7.10. The number of thiophene rings is 1. The number of rotatable bonds is 3. The normalized spacial score (nSPS) is 36.0. The van der Waals surface area contributed by atoms with E-state index in [9.17, 15) is 4.79 Å². The predicted octanol–water partition coefficient (Wildman–Crippen LogP) is 3.81. The van der Waals surface area contributed by atoms with Gasteiger partial charge in [0.25, 0.3) is 0 Å². The summed E-state index contributed by atoms with van der Waals surface area (Å²) in [4.78, 5) is 12.5. The lowest BCUT2D eigenvalue weighted by molar-refractivity contribution is -0.142. The van der Waals surface area contributed by atoms with Gasteiger partial charge in [0, 0.05) is 10.3 Å². The zero-order valence-corrected chi connectivity index (χ0v) is 10.8. The monoisotopic (exact) mass is 250 g/mol. The topological polar surface area (TPSA) is 37.3 Å². The SMILES string of the molecule is O=C(O)CC12CCC(c3cccs3)(CC1)CC2. The molecule has 0 amide bonds. The van der Waals surface area contributed by atoms with E-state index in [1.165, 1.54) is 24.1 Å². The van der Waals surface area contributed by atoms with Crippen LogP contribution in [0, 0.1) is 5.41 Å². The Morgan fingerprint density at radius 3 is 2.35 bits per heavy atom. The molecule has 2 nitrogen and oxygen atoms in total. The van der Waals surface area contributed by atoms with Crippen molar-refractivity contribution >= 4 is 17.3 Å². The smallest absolute Gasteiger partial charge is 0.303 e. The van der Waals surface area contributed by atoms with Gasteiger partial charge in [-0.05, 0) is 55.4 Å². The number of aliphatic carboxylic acids is 1. The van der Waals surface area contributed by atoms with Crippen molar-refractivity contribution in [2.75, 3.05) is 0 Å². The fourth-order valence-electron chi connectivity index (χ4n) is 3.80. The third kappa shape index (κ3) is 1.81. The number of carboxylic acids is 1. The summed E-state index contributed by atoms with van der Waals surface area (Å²) >= 11 is 1.87. The molecule has 1 aromatic rings. The summed E-state index contributed by atoms with van der Waals surface area (Å²) in [6.07, 6.45) is 7.29. The Bertz CT molecular complexity index is 397. The average molecular weight is 250 g/mol. The second-order valence-electron chi connectivity index (χ2n) is 5.83. The Morgan fingerprint density at radius 2 is 1.88 bits per heavy atom. The van der Waals surface area contributed by atoms with E-state index in [-0.39, 0.29) is 5.41 Å². The molecule has 1 N–H and O–H groups in total. The van der Waals surface area contributed by atoms with Crippen molar-refractivity contribution in [3.63, 3.8) is 0 Å². The molecule has 2 bridgehead atoms. The Hall–Kier alpha value is -0.830. The molecule has 0 spiro atoms. The van der Waals surface area contributed by atoms with Gasteiger partial charge in [-0.3, -0.25) is 4.79 Å². The summed E-state index contributed by atoms with van der Waals surface area (Å²) in [5.74, 6) is -0.615. The summed E-state index contributed by atoms with van der Waals surface area (Å²) in [6, 6.07) is 4.41. The second-order valence-corrected chi connectivity index (χ2v) is 6.78. The molecule has 3 heteroatoms. The van der Waals surface area contributed by atoms with Crippen LogP contribution in [0.2, 0.25) is 0 Å². The maximum atomic E-state index is 11.0. The van der Waals surface area contributed by atoms with Gasteiger partial charge in [0.2, 0.25) is 0 Å². The molecular formula is C14H18O2S. The lowest BCUT2D eigenvalue weighted by Gasteiger charge is -2.52. The highest BCUT2D eigenvalue weighted by atomic mass is 32.1. The third-order valence-corrected chi connectivity index (χ3v) is 6.09. The minimum atomic E-state index is -0.615. The second kappa shape index (κ2) is 3.84. The van der Waals surface area contributed by atoms with Crippen LogP contribution in [0.15, 0.2) is 17.5 Å². The van der Waals surface area contributed by atoms with Gasteiger partial charge < -0.3 is 5.11 Å². The number of carbonyl (C=O) groups is 1. The van der Waals surface area contributed by atoms with E-state index >= 15 is 0 Å². The van der Waals surface area contributed by atoms with Crippen LogP contribution in [0.3, 0.4) is 0 Å². The van der Waals surface area contributed by atoms with Gasteiger partial charge in [-0.1, -0.05) is 6.07 Å². The molecule has 3 aliphatic rings. The fraction of sp³-hybridized carbons (Fsp3) is 0.643. The molecule has 0 atom stereocenters. The molecule has 0 saturated heterocycles. The standard InChI is InChI=1S/C14H18O2S/c15-12(16)10-13-3-6-14(7-4-13,8-5-13)11-2-1-9-17-11/h1-2,9H,3-8,10H2,(H,15,16). The first-order valence-electron chi connectivity index (χ1n) is 6.40. The number of fused-ring (bicyclic) bond motifs is 3. The molecule has 1 aromatic heterocycles. The Kier molecular flexibility index (Phi) is 2.54. The first-order chi connectivity index (χ1) is 8.14. The molecule has 0 unspecified atom stereocenters. The molecule has 0 aromatic carbocycles. The maximum Gasteiger partial charge on any atom is 0.303 e. The summed E-state index contributed by atoms with van der Waals surface area (Å²) in [6.45, 7) is 0. The van der Waals surface area contributed by atoms with Gasteiger partial charge in [-0.25, -0.2) is 0 Å². The highest BCUT2D eigenvalue weighted by Gasteiger charge is 2.50. The first kappa shape index (κ1) is 11.3. The van der Waals surface area contributed by atoms with Crippen LogP contribution in [0.5, 0.6) is 0 Å². The van der Waals surface area contributed by atoms with E-state index < -0.39 is 5.97 Å². The van der Waals surface area contributed by atoms with Crippen LogP contribution < -0.4 is 0 Å². The van der Waals surface area contributed by atoms with Crippen molar-refractivity contribution in [1.82, 2.24) is 0 Å². The van der Waals surface area contributed by atoms with E-state index in [0.29, 0.717) is 11.8 Å². The number of hydrogen-bond donors (Lipinski definition) is 1. The van der Waals surface area contributed by atoms with Gasteiger partial charge in [-0.15, -0.1) is 11.3 Å². The molecule has 0 aliphatic heterocycles. The average Bonchev–Trinajstić information content (AvgIpc) is 2.84. The molecule has 3 fully saturated rings. The van der Waals surface area contributed by atoms with Gasteiger partial charge in [-0.2, -0.15) is 0 Å². The Morgan fingerprint density at radius 1 is 1.24 bits per heavy atom. The van der Waals surface area contributed by atoms with Gasteiger partial charge in [0.15, 0.2) is 0 Å². The summed E-state index contributed by atoms with van der Waals surface area (Å²) in [5.41, 5.74) is 0.527. The lowest BCUT2D eigenvalue weighted by Crippen LogP contribution is -2.44. The fourth-order valence-corrected chi connectivity index (χ4v) is 4.82. The quantitative estimate of drug-likeness (QED) is 0.885. The number of carboxylic acid groups (broad SMARTS) is 1. The van der Waals surface area contributed by atoms with Gasteiger partial charge in [0.1, 0.15) is 0 Å². The molecule has 3 saturated carbocycles. The third-order valence-electron chi connectivity index (χ3n) is 4.97. The van der Waals surface area contributed by atoms with E-state index in [0.717, 1.165) is 19.3 Å². The molecule has 92 valence electrons. The Balaban J connectivity index is 1.80. The van der Waals surface area contributed by atoms with E-state index in [1.807, 2.05) is 11.3 Å². The van der Waals surface area contributed by atoms with Crippen molar-refractivity contribution in [2.24, 2.45) is 5.41 Å². The van der Waals surface area contributed by atoms with Gasteiger partial charge in [0.05, 0.1) is 6.42 Å². The maximum absolute atomic E-state index is 11.0. The van der Waals surface area contributed by atoms with Crippen LogP contribution in [0.25, 0.3) is 0 Å². The van der Waals surface area contributed by atoms with Gasteiger partial charge >= 0.3 is 5.97 Å². The van der Waals surface area contributed by atoms with E-state index in [1.54, 1.807) is 0 Å². The van der Waals surface area contributed by atoms with E-state index in [2.05, 4.69) is 17.5 Å². The van der Waals surface area contributed by atoms with Crippen LogP contribution in [0.1, 0.15) is 49.8 Å². The van der Waals surface area contributed by atoms with Crippen molar-refractivity contribution in [3.8, 4) is 0 Å². The molecular weight excluding hydrogens is 232 g/mol. The van der Waals surface area contributed by atoms with Crippen LogP contribution in [0.4, 0.5) is 0 Å². The van der Waals surface area contributed by atoms with Crippen molar-refractivity contribution in [2.45, 2.75) is 50.4 Å². The number of hydrogen-bond acceptors (Lipinski definition) is 2. The summed E-state index contributed by atoms with van der Waals surface area (Å²) in [7, 11) is 0. The minimum Gasteiger partial charge on any atom is -0.481 e. The van der Waals surface area contributed by atoms with Crippen LogP contribution in [-0.4, -0.2) is 11.1 Å². The minimum absolute atomic E-state index is 0.130. The zero-order chi connectivity index (χ0) is 11.9. The molecule has 17 heavy (non-hydrogen) atoms. The summed E-state index contributed by atoms with van der Waals surface area (Å²) < 4.78 is 0. The highest BCUT2D eigenvalue weighted by Crippen LogP contribution is 2.59. The van der Waals surface area contributed by atoms with Crippen molar-refractivity contribution in [3.05, 3.63) is 22.4 Å². The molecule has 1 heterocycles. The molecule has 3 aliphatic carbocycles. The van der Waals surface area contributed by atoms with Crippen LogP contribution >= 0.6 is 11.3 Å². The zero-order valence-electron chi connectivity index (χ0n) is 9.95. The van der Waals surface area contributed by atoms with Crippen molar-refractivity contribution < 1.29 is 9.90 Å². The largest absolute Gasteiger partial charge is 0.481 e. The van der Waals surface area contributed by atoms with Crippen molar-refractivity contribution in [1.29, 1.82) is 0 Å². The molecule has 4 rings (SSSR count). The Labute approximate surface area is 106 Å². The summed E-state index contributed by atoms with van der Waals surface area (Å²) in [5, 5.41) is 11.2. The van der Waals surface area contributed by atoms with E-state index in [4.69, 9.17) is 5.11 Å². The van der Waals surface area contributed by atoms with Crippen LogP contribution in [-0.2, 0) is 10.2 Å². The predicted molar refractivity (Wildman–Crippen MR) is 68.4 cm³/mol. The molecule has 0 radical (unpaired) electrons. The lowest BCUT2D eigenvalue weighted by atomic mass is 9.52.